The second kappa shape index (κ2) is 13.1. The lowest BCUT2D eigenvalue weighted by molar-refractivity contribution is 1.18. The van der Waals surface area contributed by atoms with Crippen LogP contribution in [0.2, 0.25) is 0 Å². The zero-order valence-corrected chi connectivity index (χ0v) is 24.9. The monoisotopic (exact) mass is 566 g/mol. The highest BCUT2D eigenvalue weighted by molar-refractivity contribution is 6.11. The van der Waals surface area contributed by atoms with Crippen molar-refractivity contribution in [3.63, 3.8) is 0 Å². The van der Waals surface area contributed by atoms with E-state index in [4.69, 9.17) is 0 Å². The molecule has 212 valence electrons. The Bertz CT molecular complexity index is 2080. The third-order valence-electron chi connectivity index (χ3n) is 7.85. The summed E-state index contributed by atoms with van der Waals surface area (Å²) in [4.78, 5) is 4.25. The van der Waals surface area contributed by atoms with Gasteiger partial charge in [-0.2, -0.15) is 0 Å². The first-order valence-corrected chi connectivity index (χ1v) is 14.8. The Morgan fingerprint density at radius 2 is 1.48 bits per heavy atom. The number of hydrogen-bond acceptors (Lipinski definition) is 1. The fraction of sp³-hybridized carbons (Fsp3) is 0.0238. The highest BCUT2D eigenvalue weighted by Gasteiger charge is 2.17. The summed E-state index contributed by atoms with van der Waals surface area (Å²) < 4.78 is 2.39. The van der Waals surface area contributed by atoms with Gasteiger partial charge in [-0.3, -0.25) is 4.98 Å². The van der Waals surface area contributed by atoms with Gasteiger partial charge in [0.25, 0.3) is 0 Å². The molecule has 44 heavy (non-hydrogen) atoms. The zero-order chi connectivity index (χ0) is 30.3. The summed E-state index contributed by atoms with van der Waals surface area (Å²) in [5.41, 5.74) is 11.5. The number of rotatable bonds is 9. The number of aryl methyl sites for hydroxylation is 1. The summed E-state index contributed by atoms with van der Waals surface area (Å²) in [6.07, 6.45) is 21.9. The van der Waals surface area contributed by atoms with Gasteiger partial charge < -0.3 is 4.57 Å². The smallest absolute Gasteiger partial charge is 0.0544 e. The van der Waals surface area contributed by atoms with Crippen molar-refractivity contribution in [3.05, 3.63) is 187 Å². The number of aromatic nitrogens is 2. The molecule has 0 aliphatic carbocycles. The third kappa shape index (κ3) is 5.79. The summed E-state index contributed by atoms with van der Waals surface area (Å²) in [6.45, 7) is 10.1. The zero-order valence-electron chi connectivity index (χ0n) is 24.9. The number of hydrogen-bond donors (Lipinski definition) is 0. The minimum absolute atomic E-state index is 1.06. The van der Waals surface area contributed by atoms with Crippen molar-refractivity contribution in [3.8, 4) is 16.8 Å². The van der Waals surface area contributed by atoms with Crippen LogP contribution in [0.4, 0.5) is 0 Å². The van der Waals surface area contributed by atoms with Gasteiger partial charge in [-0.25, -0.2) is 0 Å². The highest BCUT2D eigenvalue weighted by Crippen LogP contribution is 2.37. The maximum absolute atomic E-state index is 4.25. The summed E-state index contributed by atoms with van der Waals surface area (Å²) in [5.74, 6) is 0. The molecule has 0 saturated heterocycles. The molecule has 0 aliphatic heterocycles. The average Bonchev–Trinajstić information content (AvgIpc) is 3.41. The minimum atomic E-state index is 1.06. The first-order chi connectivity index (χ1) is 21.7. The molecule has 2 nitrogen and oxygen atoms in total. The molecule has 0 fully saturated rings. The molecule has 0 spiro atoms. The van der Waals surface area contributed by atoms with Crippen molar-refractivity contribution >= 4 is 39.5 Å². The van der Waals surface area contributed by atoms with Crippen LogP contribution in [0.1, 0.15) is 22.3 Å². The van der Waals surface area contributed by atoms with Crippen molar-refractivity contribution in [2.24, 2.45) is 0 Å². The standard InChI is InChI=1S/C42H34N2/c1-4-6-18-34(14-5-2)36-28-37(35-24-26-43-27-25-35)30-38(29-36)44-40-21-13-12-20-39(40)42-31(3)33(22-23-41(42)44)19-11-10-17-32-15-8-7-9-16-32/h4-30H,1-2H2,3H3/b17-10+,18-6-,19-11-,34-14+. The molecule has 0 amide bonds. The fourth-order valence-electron chi connectivity index (χ4n) is 5.76. The van der Waals surface area contributed by atoms with E-state index in [1.807, 2.05) is 36.7 Å². The predicted octanol–water partition coefficient (Wildman–Crippen LogP) is 11.2. The van der Waals surface area contributed by atoms with Crippen LogP contribution in [-0.2, 0) is 0 Å². The molecule has 0 unspecified atom stereocenters. The molecule has 0 radical (unpaired) electrons. The van der Waals surface area contributed by atoms with Crippen LogP contribution in [0.25, 0.3) is 56.3 Å². The molecule has 6 rings (SSSR count). The lowest BCUT2D eigenvalue weighted by atomic mass is 9.97. The Kier molecular flexibility index (Phi) is 8.43. The molecule has 0 saturated carbocycles. The van der Waals surface area contributed by atoms with Crippen LogP contribution in [0.3, 0.4) is 0 Å². The van der Waals surface area contributed by atoms with Crippen LogP contribution in [0, 0.1) is 6.92 Å². The van der Waals surface area contributed by atoms with E-state index in [2.05, 4.69) is 151 Å². The highest BCUT2D eigenvalue weighted by atomic mass is 15.0. The maximum atomic E-state index is 4.25. The van der Waals surface area contributed by atoms with E-state index in [0.717, 1.165) is 28.0 Å². The molecule has 2 aromatic heterocycles. The topological polar surface area (TPSA) is 17.8 Å². The molecule has 4 aromatic carbocycles. The van der Waals surface area contributed by atoms with Gasteiger partial charge in [0.05, 0.1) is 11.0 Å². The van der Waals surface area contributed by atoms with Crippen LogP contribution >= 0.6 is 0 Å². The van der Waals surface area contributed by atoms with Crippen molar-refractivity contribution < 1.29 is 0 Å². The van der Waals surface area contributed by atoms with Gasteiger partial charge in [-0.05, 0) is 88.3 Å². The maximum Gasteiger partial charge on any atom is 0.0544 e. The van der Waals surface area contributed by atoms with E-state index in [9.17, 15) is 0 Å². The molecule has 2 heterocycles. The molecular weight excluding hydrogens is 532 g/mol. The normalized spacial score (nSPS) is 12.2. The molecule has 0 N–H and O–H groups in total. The first-order valence-electron chi connectivity index (χ1n) is 14.8. The SMILES string of the molecule is C=C/C=C\C(=C/C=C)c1cc(-c2ccncc2)cc(-n2c3ccccc3c3c(C)c(/C=C\C=C\c4ccccc4)ccc32)c1. The van der Waals surface area contributed by atoms with E-state index in [0.29, 0.717) is 0 Å². The number of benzene rings is 4. The van der Waals surface area contributed by atoms with Crippen LogP contribution in [0.15, 0.2) is 165 Å². The van der Waals surface area contributed by atoms with E-state index in [-0.39, 0.29) is 0 Å². The number of fused-ring (bicyclic) bond motifs is 3. The molecule has 0 aliphatic rings. The van der Waals surface area contributed by atoms with Crippen LogP contribution in [-0.4, -0.2) is 9.55 Å². The van der Waals surface area contributed by atoms with E-state index < -0.39 is 0 Å². The van der Waals surface area contributed by atoms with Crippen molar-refractivity contribution in [2.75, 3.05) is 0 Å². The van der Waals surface area contributed by atoms with Crippen LogP contribution < -0.4 is 0 Å². The third-order valence-corrected chi connectivity index (χ3v) is 7.85. The molecule has 0 bridgehead atoms. The lowest BCUT2D eigenvalue weighted by Gasteiger charge is -2.14. The van der Waals surface area contributed by atoms with Gasteiger partial charge in [-0.1, -0.05) is 122 Å². The molecule has 2 heteroatoms. The van der Waals surface area contributed by atoms with Gasteiger partial charge >= 0.3 is 0 Å². The summed E-state index contributed by atoms with van der Waals surface area (Å²) in [6, 6.07) is 34.4. The van der Waals surface area contributed by atoms with Gasteiger partial charge in [0, 0.05) is 28.9 Å². The Labute approximate surface area is 259 Å². The Morgan fingerprint density at radius 1 is 0.705 bits per heavy atom. The lowest BCUT2D eigenvalue weighted by Crippen LogP contribution is -1.97. The number of pyridine rings is 1. The Hall–Kier alpha value is -5.73. The summed E-state index contributed by atoms with van der Waals surface area (Å²) in [7, 11) is 0. The van der Waals surface area contributed by atoms with Gasteiger partial charge in [0.1, 0.15) is 0 Å². The van der Waals surface area contributed by atoms with E-state index in [1.165, 1.54) is 38.5 Å². The Balaban J connectivity index is 1.54. The number of nitrogens with zero attached hydrogens (tertiary/aromatic N) is 2. The summed E-state index contributed by atoms with van der Waals surface area (Å²) in [5, 5.41) is 2.50. The number of para-hydroxylation sites is 1. The van der Waals surface area contributed by atoms with Crippen molar-refractivity contribution in [2.45, 2.75) is 6.92 Å². The molecular formula is C42H34N2. The van der Waals surface area contributed by atoms with E-state index >= 15 is 0 Å². The number of allylic oxidation sites excluding steroid dienone is 8. The summed E-state index contributed by atoms with van der Waals surface area (Å²) >= 11 is 0. The van der Waals surface area contributed by atoms with Gasteiger partial charge in [0.15, 0.2) is 0 Å². The van der Waals surface area contributed by atoms with E-state index in [1.54, 1.807) is 6.08 Å². The quantitative estimate of drug-likeness (QED) is 0.159. The Morgan fingerprint density at radius 3 is 2.27 bits per heavy atom. The van der Waals surface area contributed by atoms with Crippen molar-refractivity contribution in [1.82, 2.24) is 9.55 Å². The molecule has 6 aromatic rings. The average molecular weight is 567 g/mol. The van der Waals surface area contributed by atoms with Gasteiger partial charge in [0.2, 0.25) is 0 Å². The second-order valence-electron chi connectivity index (χ2n) is 10.6. The largest absolute Gasteiger partial charge is 0.309 e. The van der Waals surface area contributed by atoms with Crippen molar-refractivity contribution in [1.29, 1.82) is 0 Å². The van der Waals surface area contributed by atoms with Gasteiger partial charge in [-0.15, -0.1) is 0 Å². The predicted molar refractivity (Wildman–Crippen MR) is 191 cm³/mol. The second-order valence-corrected chi connectivity index (χ2v) is 10.6. The minimum Gasteiger partial charge on any atom is -0.309 e. The first kappa shape index (κ1) is 28.4. The fourth-order valence-corrected chi connectivity index (χ4v) is 5.76. The van der Waals surface area contributed by atoms with Crippen LogP contribution in [0.5, 0.6) is 0 Å². The molecule has 0 atom stereocenters.